The number of anilines is 1. The minimum atomic E-state index is -0.0712. The normalized spacial score (nSPS) is 21.4. The van der Waals surface area contributed by atoms with E-state index in [1.54, 1.807) is 26.4 Å². The number of amides is 2. The number of nitrogens with zero attached hydrogens (tertiary/aromatic N) is 2. The molecule has 120 valence electrons. The fourth-order valence-electron chi connectivity index (χ4n) is 3.28. The van der Waals surface area contributed by atoms with Gasteiger partial charge in [0.15, 0.2) is 0 Å². The Morgan fingerprint density at radius 2 is 2.09 bits per heavy atom. The van der Waals surface area contributed by atoms with Crippen LogP contribution in [0.3, 0.4) is 0 Å². The summed E-state index contributed by atoms with van der Waals surface area (Å²) in [7, 11) is 3.20. The van der Waals surface area contributed by atoms with Crippen LogP contribution < -0.4 is 14.8 Å². The molecule has 6 nitrogen and oxygen atoms in total. The zero-order chi connectivity index (χ0) is 15.5. The molecule has 2 amide bonds. The number of urea groups is 1. The molecule has 0 aromatic heterocycles. The SMILES string of the molecule is COc1ccc(OC)c(NC(=O)N2CCN3CCCC3C2)c1. The van der Waals surface area contributed by atoms with Crippen molar-refractivity contribution in [3.8, 4) is 11.5 Å². The third-order valence-corrected chi connectivity index (χ3v) is 4.52. The highest BCUT2D eigenvalue weighted by atomic mass is 16.5. The molecule has 2 aliphatic rings. The van der Waals surface area contributed by atoms with E-state index in [1.807, 2.05) is 11.0 Å². The van der Waals surface area contributed by atoms with E-state index in [4.69, 9.17) is 9.47 Å². The molecule has 22 heavy (non-hydrogen) atoms. The van der Waals surface area contributed by atoms with E-state index in [1.165, 1.54) is 19.4 Å². The molecule has 2 fully saturated rings. The first kappa shape index (κ1) is 15.0. The van der Waals surface area contributed by atoms with Gasteiger partial charge in [0, 0.05) is 31.7 Å². The summed E-state index contributed by atoms with van der Waals surface area (Å²) in [6, 6.07) is 5.84. The van der Waals surface area contributed by atoms with Crippen molar-refractivity contribution in [2.24, 2.45) is 0 Å². The predicted molar refractivity (Wildman–Crippen MR) is 84.7 cm³/mol. The predicted octanol–water partition coefficient (Wildman–Crippen LogP) is 2.02. The Bertz CT molecular complexity index is 549. The highest BCUT2D eigenvalue weighted by Gasteiger charge is 2.32. The molecule has 1 aromatic rings. The molecule has 1 unspecified atom stereocenters. The second-order valence-corrected chi connectivity index (χ2v) is 5.77. The summed E-state index contributed by atoms with van der Waals surface area (Å²) in [5, 5.41) is 2.95. The second-order valence-electron chi connectivity index (χ2n) is 5.77. The van der Waals surface area contributed by atoms with E-state index in [0.717, 1.165) is 19.6 Å². The standard InChI is InChI=1S/C16H23N3O3/c1-21-13-5-6-15(22-2)14(10-13)17-16(20)19-9-8-18-7-3-4-12(18)11-19/h5-6,10,12H,3-4,7-9,11H2,1-2H3,(H,17,20). The van der Waals surface area contributed by atoms with Crippen LogP contribution in [0.15, 0.2) is 18.2 Å². The van der Waals surface area contributed by atoms with Crippen molar-refractivity contribution in [1.29, 1.82) is 0 Å². The Morgan fingerprint density at radius 3 is 2.86 bits per heavy atom. The number of carbonyl (C=O) groups is 1. The Hall–Kier alpha value is -1.95. The van der Waals surface area contributed by atoms with E-state index in [0.29, 0.717) is 23.2 Å². The maximum Gasteiger partial charge on any atom is 0.322 e. The lowest BCUT2D eigenvalue weighted by Crippen LogP contribution is -2.53. The van der Waals surface area contributed by atoms with E-state index >= 15 is 0 Å². The summed E-state index contributed by atoms with van der Waals surface area (Å²) in [5.41, 5.74) is 0.640. The summed E-state index contributed by atoms with van der Waals surface area (Å²) in [5.74, 6) is 1.32. The number of fused-ring (bicyclic) bond motifs is 1. The quantitative estimate of drug-likeness (QED) is 0.928. The highest BCUT2D eigenvalue weighted by Crippen LogP contribution is 2.29. The first-order chi connectivity index (χ1) is 10.7. The molecule has 2 saturated heterocycles. The number of benzene rings is 1. The highest BCUT2D eigenvalue weighted by molar-refractivity contribution is 5.91. The number of ether oxygens (including phenoxy) is 2. The van der Waals surface area contributed by atoms with Crippen LogP contribution in [0.5, 0.6) is 11.5 Å². The molecule has 1 N–H and O–H groups in total. The monoisotopic (exact) mass is 305 g/mol. The zero-order valence-electron chi connectivity index (χ0n) is 13.2. The molecule has 0 saturated carbocycles. The maximum absolute atomic E-state index is 12.5. The Morgan fingerprint density at radius 1 is 1.23 bits per heavy atom. The van der Waals surface area contributed by atoms with Crippen molar-refractivity contribution in [1.82, 2.24) is 9.80 Å². The van der Waals surface area contributed by atoms with Gasteiger partial charge in [-0.2, -0.15) is 0 Å². The number of hydrogen-bond acceptors (Lipinski definition) is 4. The van der Waals surface area contributed by atoms with Crippen LogP contribution in [0.25, 0.3) is 0 Å². The zero-order valence-corrected chi connectivity index (χ0v) is 13.2. The van der Waals surface area contributed by atoms with Crippen LogP contribution in [0, 0.1) is 0 Å². The number of methoxy groups -OCH3 is 2. The molecule has 0 radical (unpaired) electrons. The molecule has 2 aliphatic heterocycles. The van der Waals surface area contributed by atoms with Crippen LogP contribution in [-0.4, -0.2) is 62.3 Å². The molecule has 0 aliphatic carbocycles. The smallest absolute Gasteiger partial charge is 0.322 e. The lowest BCUT2D eigenvalue weighted by Gasteiger charge is -2.37. The lowest BCUT2D eigenvalue weighted by atomic mass is 10.1. The minimum absolute atomic E-state index is 0.0712. The molecule has 3 rings (SSSR count). The first-order valence-electron chi connectivity index (χ1n) is 7.73. The summed E-state index contributed by atoms with van der Waals surface area (Å²) in [6.45, 7) is 3.71. The molecule has 6 heteroatoms. The molecule has 2 heterocycles. The van der Waals surface area contributed by atoms with E-state index in [2.05, 4.69) is 10.2 Å². The molecular weight excluding hydrogens is 282 g/mol. The van der Waals surface area contributed by atoms with Crippen molar-refractivity contribution in [2.45, 2.75) is 18.9 Å². The van der Waals surface area contributed by atoms with Crippen LogP contribution in [-0.2, 0) is 0 Å². The summed E-state index contributed by atoms with van der Waals surface area (Å²) < 4.78 is 10.5. The molecular formula is C16H23N3O3. The molecule has 0 bridgehead atoms. The minimum Gasteiger partial charge on any atom is -0.497 e. The number of nitrogens with one attached hydrogen (secondary N) is 1. The maximum atomic E-state index is 12.5. The van der Waals surface area contributed by atoms with Gasteiger partial charge in [-0.15, -0.1) is 0 Å². The molecule has 1 aromatic carbocycles. The van der Waals surface area contributed by atoms with Gasteiger partial charge in [-0.1, -0.05) is 0 Å². The van der Waals surface area contributed by atoms with Gasteiger partial charge < -0.3 is 19.7 Å². The third-order valence-electron chi connectivity index (χ3n) is 4.52. The first-order valence-corrected chi connectivity index (χ1v) is 7.73. The number of piperazine rings is 1. The van der Waals surface area contributed by atoms with Gasteiger partial charge in [0.1, 0.15) is 11.5 Å². The fourth-order valence-corrected chi connectivity index (χ4v) is 3.28. The van der Waals surface area contributed by atoms with Crippen molar-refractivity contribution < 1.29 is 14.3 Å². The summed E-state index contributed by atoms with van der Waals surface area (Å²) >= 11 is 0. The molecule has 0 spiro atoms. The van der Waals surface area contributed by atoms with Gasteiger partial charge in [-0.3, -0.25) is 4.90 Å². The van der Waals surface area contributed by atoms with Gasteiger partial charge >= 0.3 is 6.03 Å². The van der Waals surface area contributed by atoms with Gasteiger partial charge in [-0.25, -0.2) is 4.79 Å². The van der Waals surface area contributed by atoms with Crippen LogP contribution in [0.2, 0.25) is 0 Å². The average molecular weight is 305 g/mol. The average Bonchev–Trinajstić information content (AvgIpc) is 3.02. The van der Waals surface area contributed by atoms with Crippen LogP contribution in [0.1, 0.15) is 12.8 Å². The number of carbonyl (C=O) groups excluding carboxylic acids is 1. The van der Waals surface area contributed by atoms with Gasteiger partial charge in [-0.05, 0) is 31.5 Å². The van der Waals surface area contributed by atoms with Crippen LogP contribution in [0.4, 0.5) is 10.5 Å². The van der Waals surface area contributed by atoms with Crippen LogP contribution >= 0.6 is 0 Å². The Kier molecular flexibility index (Phi) is 4.38. The fraction of sp³-hybridized carbons (Fsp3) is 0.562. The van der Waals surface area contributed by atoms with Crippen molar-refractivity contribution in [3.05, 3.63) is 18.2 Å². The number of hydrogen-bond donors (Lipinski definition) is 1. The Labute approximate surface area is 131 Å². The largest absolute Gasteiger partial charge is 0.497 e. The van der Waals surface area contributed by atoms with E-state index in [9.17, 15) is 4.79 Å². The van der Waals surface area contributed by atoms with Gasteiger partial charge in [0.2, 0.25) is 0 Å². The van der Waals surface area contributed by atoms with Gasteiger partial charge in [0.05, 0.1) is 19.9 Å². The van der Waals surface area contributed by atoms with Crippen molar-refractivity contribution in [2.75, 3.05) is 45.7 Å². The van der Waals surface area contributed by atoms with E-state index < -0.39 is 0 Å². The topological polar surface area (TPSA) is 54.0 Å². The molecule has 1 atom stereocenters. The van der Waals surface area contributed by atoms with Crippen molar-refractivity contribution >= 4 is 11.7 Å². The second kappa shape index (κ2) is 6.44. The Balaban J connectivity index is 1.68. The van der Waals surface area contributed by atoms with Gasteiger partial charge in [0.25, 0.3) is 0 Å². The summed E-state index contributed by atoms with van der Waals surface area (Å²) in [6.07, 6.45) is 2.43. The van der Waals surface area contributed by atoms with E-state index in [-0.39, 0.29) is 6.03 Å². The lowest BCUT2D eigenvalue weighted by molar-refractivity contribution is 0.124. The summed E-state index contributed by atoms with van der Waals surface area (Å²) in [4.78, 5) is 16.9. The number of rotatable bonds is 3. The third kappa shape index (κ3) is 2.97. The van der Waals surface area contributed by atoms with Crippen molar-refractivity contribution in [3.63, 3.8) is 0 Å².